The maximum absolute atomic E-state index is 12.9. The lowest BCUT2D eigenvalue weighted by Gasteiger charge is -2.33. The van der Waals surface area contributed by atoms with Gasteiger partial charge >= 0.3 is 0 Å². The van der Waals surface area contributed by atoms with E-state index in [0.717, 1.165) is 12.1 Å². The minimum Gasteiger partial charge on any atom is -0.497 e. The number of hydrogen-bond donors (Lipinski definition) is 2. The third-order valence-corrected chi connectivity index (χ3v) is 7.51. The summed E-state index contributed by atoms with van der Waals surface area (Å²) in [7, 11) is 1.56. The fourth-order valence-corrected chi connectivity index (χ4v) is 5.41. The van der Waals surface area contributed by atoms with Gasteiger partial charge in [0.05, 0.1) is 45.5 Å². The Hall–Kier alpha value is -2.92. The van der Waals surface area contributed by atoms with Gasteiger partial charge in [-0.2, -0.15) is 5.26 Å². The zero-order valence-corrected chi connectivity index (χ0v) is 20.6. The second kappa shape index (κ2) is 10.6. The Morgan fingerprint density at radius 1 is 1.26 bits per heavy atom. The number of nitrogens with zero attached hydrogens (tertiary/aromatic N) is 1. The highest BCUT2D eigenvalue weighted by Gasteiger charge is 2.38. The fraction of sp³-hybridized carbons (Fsp3) is 0.240. The van der Waals surface area contributed by atoms with Crippen LogP contribution in [0.15, 0.2) is 64.3 Å². The minimum absolute atomic E-state index is 0.0117. The topological polar surface area (TPSA) is 91.2 Å². The molecule has 34 heavy (non-hydrogen) atoms. The lowest BCUT2D eigenvalue weighted by Crippen LogP contribution is -2.32. The van der Waals surface area contributed by atoms with E-state index in [-0.39, 0.29) is 17.4 Å². The first kappa shape index (κ1) is 24.2. The van der Waals surface area contributed by atoms with E-state index in [1.54, 1.807) is 49.6 Å². The first-order chi connectivity index (χ1) is 16.4. The average Bonchev–Trinajstić information content (AvgIpc) is 2.84. The van der Waals surface area contributed by atoms with Crippen LogP contribution in [0.25, 0.3) is 0 Å². The van der Waals surface area contributed by atoms with E-state index >= 15 is 0 Å². The molecule has 4 rings (SSSR count). The van der Waals surface area contributed by atoms with Crippen molar-refractivity contribution in [2.45, 2.75) is 25.2 Å². The van der Waals surface area contributed by atoms with Crippen molar-refractivity contribution in [1.82, 2.24) is 5.32 Å². The van der Waals surface area contributed by atoms with E-state index in [2.05, 4.69) is 16.7 Å². The first-order valence-electron chi connectivity index (χ1n) is 10.6. The third kappa shape index (κ3) is 4.95. The van der Waals surface area contributed by atoms with Crippen LogP contribution < -0.4 is 15.4 Å². The van der Waals surface area contributed by atoms with Crippen LogP contribution >= 0.6 is 35.0 Å². The molecule has 6 nitrogen and oxygen atoms in total. The summed E-state index contributed by atoms with van der Waals surface area (Å²) in [4.78, 5) is 25.5. The van der Waals surface area contributed by atoms with Crippen LogP contribution in [-0.4, -0.2) is 24.6 Å². The van der Waals surface area contributed by atoms with Gasteiger partial charge in [0.1, 0.15) is 5.75 Å². The van der Waals surface area contributed by atoms with Crippen molar-refractivity contribution in [1.29, 1.82) is 5.26 Å². The molecule has 0 radical (unpaired) electrons. The molecule has 174 valence electrons. The fourth-order valence-electron chi connectivity index (χ4n) is 4.13. The molecule has 1 heterocycles. The summed E-state index contributed by atoms with van der Waals surface area (Å²) in [5.74, 6) is -0.179. The number of rotatable bonds is 6. The molecule has 2 aliphatic rings. The highest BCUT2D eigenvalue weighted by Crippen LogP contribution is 2.46. The van der Waals surface area contributed by atoms with Crippen LogP contribution in [0.4, 0.5) is 5.69 Å². The molecular formula is C25H21Cl2N3O3S. The standard InChI is InChI=1S/C25H21Cl2N3O3S/c1-33-15-6-2-5-14(11-15)29-21(32)13-34-25-17(12-28)22(16-7-3-8-18(26)24(16)27)23-19(30-25)9-4-10-20(23)31/h2-3,5-8,11,22,30H,4,9-10,13H2,1H3,(H,29,32)/t22-/m1/s1. The second-order valence-corrected chi connectivity index (χ2v) is 9.56. The number of amides is 1. The Labute approximate surface area is 212 Å². The van der Waals surface area contributed by atoms with E-state index in [4.69, 9.17) is 27.9 Å². The van der Waals surface area contributed by atoms with Gasteiger partial charge in [-0.05, 0) is 36.6 Å². The highest BCUT2D eigenvalue weighted by molar-refractivity contribution is 8.03. The number of carbonyl (C=O) groups excluding carboxylic acids is 2. The summed E-state index contributed by atoms with van der Waals surface area (Å²) >= 11 is 14.0. The monoisotopic (exact) mass is 513 g/mol. The molecule has 1 amide bonds. The second-order valence-electron chi connectivity index (χ2n) is 7.79. The molecule has 0 aromatic heterocycles. The van der Waals surface area contributed by atoms with E-state index < -0.39 is 5.92 Å². The number of ether oxygens (including phenoxy) is 1. The van der Waals surface area contributed by atoms with E-state index in [1.807, 2.05) is 0 Å². The number of halogens is 2. The van der Waals surface area contributed by atoms with Crippen LogP contribution in [0.5, 0.6) is 5.75 Å². The Balaban J connectivity index is 1.63. The number of Topliss-reactive ketones (excluding diaryl/α,β-unsaturated/α-hetero) is 1. The van der Waals surface area contributed by atoms with Crippen molar-refractivity contribution >= 4 is 52.3 Å². The van der Waals surface area contributed by atoms with Gasteiger partial charge in [-0.3, -0.25) is 9.59 Å². The Morgan fingerprint density at radius 3 is 2.82 bits per heavy atom. The van der Waals surface area contributed by atoms with Crippen LogP contribution in [0.3, 0.4) is 0 Å². The molecular weight excluding hydrogens is 493 g/mol. The van der Waals surface area contributed by atoms with Gasteiger partial charge in [-0.1, -0.05) is 53.2 Å². The number of thioether (sulfide) groups is 1. The molecule has 1 atom stereocenters. The van der Waals surface area contributed by atoms with Gasteiger partial charge < -0.3 is 15.4 Å². The summed E-state index contributed by atoms with van der Waals surface area (Å²) < 4.78 is 5.19. The summed E-state index contributed by atoms with van der Waals surface area (Å²) in [5, 5.41) is 17.4. The minimum atomic E-state index is -0.635. The van der Waals surface area contributed by atoms with Crippen molar-refractivity contribution in [2.24, 2.45) is 0 Å². The molecule has 0 fully saturated rings. The van der Waals surface area contributed by atoms with Crippen LogP contribution in [0, 0.1) is 11.3 Å². The van der Waals surface area contributed by atoms with Gasteiger partial charge in [0.25, 0.3) is 0 Å². The largest absolute Gasteiger partial charge is 0.497 e. The van der Waals surface area contributed by atoms with Crippen molar-refractivity contribution in [3.05, 3.63) is 79.9 Å². The quantitative estimate of drug-likeness (QED) is 0.506. The molecule has 1 aliphatic carbocycles. The average molecular weight is 514 g/mol. The predicted octanol–water partition coefficient (Wildman–Crippen LogP) is 5.80. The van der Waals surface area contributed by atoms with Crippen molar-refractivity contribution in [3.63, 3.8) is 0 Å². The van der Waals surface area contributed by atoms with Gasteiger partial charge in [-0.25, -0.2) is 0 Å². The zero-order chi connectivity index (χ0) is 24.2. The van der Waals surface area contributed by atoms with Gasteiger partial charge in [0.2, 0.25) is 5.91 Å². The number of nitrogens with one attached hydrogen (secondary N) is 2. The van der Waals surface area contributed by atoms with Crippen LogP contribution in [-0.2, 0) is 9.59 Å². The molecule has 0 unspecified atom stereocenters. The maximum Gasteiger partial charge on any atom is 0.234 e. The first-order valence-corrected chi connectivity index (χ1v) is 12.3. The molecule has 2 aromatic rings. The number of dihydropyridines is 1. The summed E-state index contributed by atoms with van der Waals surface area (Å²) in [5.41, 5.74) is 2.89. The Bertz CT molecular complexity index is 1270. The predicted molar refractivity (Wildman–Crippen MR) is 135 cm³/mol. The molecule has 0 bridgehead atoms. The molecule has 2 aromatic carbocycles. The van der Waals surface area contributed by atoms with E-state index in [1.165, 1.54) is 11.8 Å². The third-order valence-electron chi connectivity index (χ3n) is 5.66. The lowest BCUT2D eigenvalue weighted by molar-refractivity contribution is -0.116. The number of methoxy groups -OCH3 is 1. The molecule has 1 aliphatic heterocycles. The molecule has 0 spiro atoms. The van der Waals surface area contributed by atoms with Crippen molar-refractivity contribution in [2.75, 3.05) is 18.2 Å². The number of benzene rings is 2. The number of ketones is 1. The normalized spacial score (nSPS) is 17.6. The molecule has 0 saturated carbocycles. The number of nitriles is 1. The Kier molecular flexibility index (Phi) is 7.52. The molecule has 0 saturated heterocycles. The van der Waals surface area contributed by atoms with E-state index in [9.17, 15) is 14.9 Å². The van der Waals surface area contributed by atoms with Crippen LogP contribution in [0.1, 0.15) is 30.7 Å². The molecule has 2 N–H and O–H groups in total. The maximum atomic E-state index is 12.9. The highest BCUT2D eigenvalue weighted by atomic mass is 35.5. The van der Waals surface area contributed by atoms with Gasteiger partial charge in [0.15, 0.2) is 5.78 Å². The lowest BCUT2D eigenvalue weighted by atomic mass is 9.77. The zero-order valence-electron chi connectivity index (χ0n) is 18.3. The number of hydrogen-bond acceptors (Lipinski definition) is 6. The number of anilines is 1. The SMILES string of the molecule is COc1cccc(NC(=O)CSC2=C(C#N)[C@@H](c3cccc(Cl)c3Cl)C3=C(CCCC3=O)N2)c1. The van der Waals surface area contributed by atoms with Crippen molar-refractivity contribution in [3.8, 4) is 11.8 Å². The van der Waals surface area contributed by atoms with Gasteiger partial charge in [-0.15, -0.1) is 0 Å². The summed E-state index contributed by atoms with van der Waals surface area (Å²) in [6.07, 6.45) is 1.81. The number of carbonyl (C=O) groups is 2. The van der Waals surface area contributed by atoms with Crippen molar-refractivity contribution < 1.29 is 14.3 Å². The van der Waals surface area contributed by atoms with Crippen LogP contribution in [0.2, 0.25) is 10.0 Å². The number of allylic oxidation sites excluding steroid dienone is 3. The van der Waals surface area contributed by atoms with E-state index in [0.29, 0.717) is 56.1 Å². The summed E-state index contributed by atoms with van der Waals surface area (Å²) in [6, 6.07) is 14.5. The van der Waals surface area contributed by atoms with Gasteiger partial charge in [0, 0.05) is 29.4 Å². The summed E-state index contributed by atoms with van der Waals surface area (Å²) in [6.45, 7) is 0. The molecule has 9 heteroatoms. The Morgan fingerprint density at radius 2 is 2.06 bits per heavy atom. The smallest absolute Gasteiger partial charge is 0.234 e.